The van der Waals surface area contributed by atoms with Crippen molar-refractivity contribution in [1.29, 1.82) is 0 Å². The van der Waals surface area contributed by atoms with Crippen LogP contribution >= 0.6 is 0 Å². The molecule has 0 spiro atoms. The Kier molecular flexibility index (Phi) is 6.01. The van der Waals surface area contributed by atoms with Crippen molar-refractivity contribution in [1.82, 2.24) is 0 Å². The van der Waals surface area contributed by atoms with Crippen LogP contribution in [0.2, 0.25) is 0 Å². The van der Waals surface area contributed by atoms with E-state index in [2.05, 4.69) is 24.0 Å². The summed E-state index contributed by atoms with van der Waals surface area (Å²) in [6.07, 6.45) is -0.400. The quantitative estimate of drug-likeness (QED) is 0.740. The number of aliphatic hydroxyl groups excluding tert-OH is 1. The number of likely N-dealkylation sites (N-methyl/N-ethyl adjacent to an activating group) is 1. The Morgan fingerprint density at radius 1 is 1.24 bits per heavy atom. The summed E-state index contributed by atoms with van der Waals surface area (Å²) in [6.45, 7) is 9.30. The van der Waals surface area contributed by atoms with Crippen LogP contribution in [0.3, 0.4) is 0 Å². The van der Waals surface area contributed by atoms with E-state index in [0.717, 1.165) is 31.9 Å². The first-order valence-electron chi connectivity index (χ1n) is 6.29. The average molecular weight is 237 g/mol. The third-order valence-corrected chi connectivity index (χ3v) is 2.83. The molecule has 0 bridgehead atoms. The second kappa shape index (κ2) is 7.30. The summed E-state index contributed by atoms with van der Waals surface area (Å²) in [5.41, 5.74) is 2.13. The molecule has 1 aromatic rings. The van der Waals surface area contributed by atoms with E-state index in [1.165, 1.54) is 5.69 Å². The number of benzene rings is 1. The van der Waals surface area contributed by atoms with E-state index < -0.39 is 6.10 Å². The molecule has 1 N–H and O–H groups in total. The minimum atomic E-state index is -0.400. The first-order chi connectivity index (χ1) is 8.19. The number of nitrogens with zero attached hydrogens (tertiary/aromatic N) is 1. The highest BCUT2D eigenvalue weighted by atomic mass is 16.5. The highest BCUT2D eigenvalue weighted by Crippen LogP contribution is 2.18. The Morgan fingerprint density at radius 3 is 2.35 bits per heavy atom. The predicted octanol–water partition coefficient (Wildman–Crippen LogP) is 2.60. The smallest absolute Gasteiger partial charge is 0.0761 e. The van der Waals surface area contributed by atoms with Gasteiger partial charge in [0.25, 0.3) is 0 Å². The highest BCUT2D eigenvalue weighted by molar-refractivity contribution is 5.47. The lowest BCUT2D eigenvalue weighted by molar-refractivity contribution is 0.154. The summed E-state index contributed by atoms with van der Waals surface area (Å²) in [4.78, 5) is 2.27. The molecule has 96 valence electrons. The zero-order chi connectivity index (χ0) is 12.7. The van der Waals surface area contributed by atoms with Crippen LogP contribution in [0.25, 0.3) is 0 Å². The van der Waals surface area contributed by atoms with Crippen molar-refractivity contribution in [3.63, 3.8) is 0 Å². The van der Waals surface area contributed by atoms with Crippen LogP contribution in [0.4, 0.5) is 5.69 Å². The summed E-state index contributed by atoms with van der Waals surface area (Å²) in [5.74, 6) is 0. The zero-order valence-corrected chi connectivity index (χ0v) is 11.0. The molecular formula is C14H23NO2. The minimum Gasteiger partial charge on any atom is -0.389 e. The molecule has 0 aliphatic heterocycles. The Balaban J connectivity index is 2.62. The molecular weight excluding hydrogens is 214 g/mol. The van der Waals surface area contributed by atoms with Crippen molar-refractivity contribution in [2.45, 2.75) is 26.9 Å². The van der Waals surface area contributed by atoms with Crippen LogP contribution < -0.4 is 4.90 Å². The van der Waals surface area contributed by atoms with Crippen LogP contribution in [-0.4, -0.2) is 31.4 Å². The van der Waals surface area contributed by atoms with Gasteiger partial charge in [0.1, 0.15) is 0 Å². The van der Waals surface area contributed by atoms with E-state index >= 15 is 0 Å². The second-order valence-corrected chi connectivity index (χ2v) is 4.04. The van der Waals surface area contributed by atoms with Gasteiger partial charge < -0.3 is 14.7 Å². The molecule has 0 fully saturated rings. The first-order valence-corrected chi connectivity index (χ1v) is 6.29. The lowest BCUT2D eigenvalue weighted by Gasteiger charge is -2.23. The SMILES string of the molecule is CCOCCN(CC)c1ccc(C(C)O)cc1. The van der Waals surface area contributed by atoms with Gasteiger partial charge in [-0.25, -0.2) is 0 Å². The monoisotopic (exact) mass is 237 g/mol. The molecule has 1 aromatic carbocycles. The van der Waals surface area contributed by atoms with Crippen LogP contribution in [0.1, 0.15) is 32.4 Å². The predicted molar refractivity (Wildman–Crippen MR) is 71.5 cm³/mol. The standard InChI is InChI=1S/C14H23NO2/c1-4-15(10-11-17-5-2)14-8-6-13(7-9-14)12(3)16/h6-9,12,16H,4-5,10-11H2,1-3H3. The van der Waals surface area contributed by atoms with Crippen molar-refractivity contribution >= 4 is 5.69 Å². The maximum atomic E-state index is 9.45. The van der Waals surface area contributed by atoms with Crippen LogP contribution in [0.15, 0.2) is 24.3 Å². The fourth-order valence-electron chi connectivity index (χ4n) is 1.75. The van der Waals surface area contributed by atoms with Gasteiger partial charge in [0.15, 0.2) is 0 Å². The molecule has 0 amide bonds. The van der Waals surface area contributed by atoms with Gasteiger partial charge >= 0.3 is 0 Å². The number of hydrogen-bond acceptors (Lipinski definition) is 3. The van der Waals surface area contributed by atoms with E-state index in [9.17, 15) is 5.11 Å². The second-order valence-electron chi connectivity index (χ2n) is 4.04. The van der Waals surface area contributed by atoms with Crippen molar-refractivity contribution in [2.24, 2.45) is 0 Å². The largest absolute Gasteiger partial charge is 0.389 e. The Labute approximate surface area is 104 Å². The summed E-state index contributed by atoms with van der Waals surface area (Å²) >= 11 is 0. The number of anilines is 1. The Morgan fingerprint density at radius 2 is 1.88 bits per heavy atom. The molecule has 17 heavy (non-hydrogen) atoms. The first kappa shape index (κ1) is 14.0. The maximum absolute atomic E-state index is 9.45. The van der Waals surface area contributed by atoms with E-state index in [1.807, 2.05) is 19.1 Å². The molecule has 0 radical (unpaired) electrons. The third-order valence-electron chi connectivity index (χ3n) is 2.83. The van der Waals surface area contributed by atoms with Gasteiger partial charge in [-0.1, -0.05) is 12.1 Å². The van der Waals surface area contributed by atoms with E-state index in [-0.39, 0.29) is 0 Å². The molecule has 0 aliphatic carbocycles. The van der Waals surface area contributed by atoms with Crippen LogP contribution in [-0.2, 0) is 4.74 Å². The van der Waals surface area contributed by atoms with Gasteiger partial charge in [0, 0.05) is 25.4 Å². The normalized spacial score (nSPS) is 12.5. The van der Waals surface area contributed by atoms with E-state index in [4.69, 9.17) is 4.74 Å². The molecule has 0 aromatic heterocycles. The van der Waals surface area contributed by atoms with Crippen molar-refractivity contribution < 1.29 is 9.84 Å². The topological polar surface area (TPSA) is 32.7 Å². The molecule has 1 rings (SSSR count). The highest BCUT2D eigenvalue weighted by Gasteiger charge is 2.05. The van der Waals surface area contributed by atoms with Crippen LogP contribution in [0.5, 0.6) is 0 Å². The van der Waals surface area contributed by atoms with Gasteiger partial charge in [0.2, 0.25) is 0 Å². The van der Waals surface area contributed by atoms with Gasteiger partial charge in [-0.3, -0.25) is 0 Å². The molecule has 0 aliphatic rings. The molecule has 1 atom stereocenters. The van der Waals surface area contributed by atoms with Crippen molar-refractivity contribution in [3.05, 3.63) is 29.8 Å². The third kappa shape index (κ3) is 4.36. The van der Waals surface area contributed by atoms with Crippen LogP contribution in [0, 0.1) is 0 Å². The van der Waals surface area contributed by atoms with Gasteiger partial charge in [0.05, 0.1) is 12.7 Å². The molecule has 1 unspecified atom stereocenters. The summed E-state index contributed by atoms with van der Waals surface area (Å²) in [6, 6.07) is 8.06. The maximum Gasteiger partial charge on any atom is 0.0761 e. The zero-order valence-electron chi connectivity index (χ0n) is 11.0. The molecule has 0 heterocycles. The number of aliphatic hydroxyl groups is 1. The fourth-order valence-corrected chi connectivity index (χ4v) is 1.75. The number of rotatable bonds is 7. The summed E-state index contributed by atoms with van der Waals surface area (Å²) in [5, 5.41) is 9.45. The number of hydrogen-bond donors (Lipinski definition) is 1. The van der Waals surface area contributed by atoms with E-state index in [1.54, 1.807) is 6.92 Å². The average Bonchev–Trinajstić information content (AvgIpc) is 2.35. The molecule has 3 heteroatoms. The van der Waals surface area contributed by atoms with Gasteiger partial charge in [-0.15, -0.1) is 0 Å². The molecule has 0 saturated carbocycles. The minimum absolute atomic E-state index is 0.400. The van der Waals surface area contributed by atoms with Gasteiger partial charge in [-0.05, 0) is 38.5 Å². The summed E-state index contributed by atoms with van der Waals surface area (Å²) in [7, 11) is 0. The number of ether oxygens (including phenoxy) is 1. The summed E-state index contributed by atoms with van der Waals surface area (Å²) < 4.78 is 5.37. The van der Waals surface area contributed by atoms with E-state index in [0.29, 0.717) is 0 Å². The van der Waals surface area contributed by atoms with Crippen molar-refractivity contribution in [2.75, 3.05) is 31.2 Å². The van der Waals surface area contributed by atoms with Gasteiger partial charge in [-0.2, -0.15) is 0 Å². The fraction of sp³-hybridized carbons (Fsp3) is 0.571. The molecule has 3 nitrogen and oxygen atoms in total. The lowest BCUT2D eigenvalue weighted by Crippen LogP contribution is -2.27. The Bertz CT molecular complexity index is 309. The lowest BCUT2D eigenvalue weighted by atomic mass is 10.1. The molecule has 0 saturated heterocycles. The Hall–Kier alpha value is -1.06. The van der Waals surface area contributed by atoms with Crippen molar-refractivity contribution in [3.8, 4) is 0 Å².